The summed E-state index contributed by atoms with van der Waals surface area (Å²) in [7, 11) is 0. The largest absolute Gasteiger partial charge is 0.305 e. The molecule has 0 saturated heterocycles. The highest BCUT2D eigenvalue weighted by molar-refractivity contribution is 7.98. The number of rotatable bonds is 4. The SMILES string of the molecule is O=[N+]([O-])c1cccc(CSc2cc(Cl)ccc2Cl)c1F. The van der Waals surface area contributed by atoms with Gasteiger partial charge in [0.1, 0.15) is 0 Å². The first-order valence-electron chi connectivity index (χ1n) is 5.48. The summed E-state index contributed by atoms with van der Waals surface area (Å²) >= 11 is 13.1. The van der Waals surface area contributed by atoms with Crippen molar-refractivity contribution in [2.75, 3.05) is 0 Å². The normalized spacial score (nSPS) is 10.6. The van der Waals surface area contributed by atoms with Gasteiger partial charge in [0.25, 0.3) is 0 Å². The first-order chi connectivity index (χ1) is 9.49. The summed E-state index contributed by atoms with van der Waals surface area (Å²) in [5, 5.41) is 11.7. The van der Waals surface area contributed by atoms with Gasteiger partial charge in [-0.1, -0.05) is 35.3 Å². The van der Waals surface area contributed by atoms with E-state index in [9.17, 15) is 14.5 Å². The average Bonchev–Trinajstić information content (AvgIpc) is 2.41. The highest BCUT2D eigenvalue weighted by Crippen LogP contribution is 2.33. The summed E-state index contributed by atoms with van der Waals surface area (Å²) in [5.74, 6) is -0.587. The molecular weight excluding hydrogens is 324 g/mol. The van der Waals surface area contributed by atoms with Gasteiger partial charge in [-0.15, -0.1) is 11.8 Å². The molecule has 2 aromatic carbocycles. The molecular formula is C13H8Cl2FNO2S. The molecule has 7 heteroatoms. The number of benzene rings is 2. The number of halogens is 3. The molecule has 104 valence electrons. The third-order valence-electron chi connectivity index (χ3n) is 2.53. The van der Waals surface area contributed by atoms with Crippen molar-refractivity contribution in [3.05, 3.63) is 67.9 Å². The fourth-order valence-electron chi connectivity index (χ4n) is 1.56. The Balaban J connectivity index is 2.21. The van der Waals surface area contributed by atoms with Gasteiger partial charge < -0.3 is 0 Å². The minimum atomic E-state index is -0.817. The minimum absolute atomic E-state index is 0.230. The molecule has 0 aliphatic rings. The highest BCUT2D eigenvalue weighted by atomic mass is 35.5. The van der Waals surface area contributed by atoms with Crippen LogP contribution in [0.1, 0.15) is 5.56 Å². The second kappa shape index (κ2) is 6.43. The van der Waals surface area contributed by atoms with Crippen molar-refractivity contribution in [3.63, 3.8) is 0 Å². The predicted molar refractivity (Wildman–Crippen MR) is 79.1 cm³/mol. The molecule has 2 rings (SSSR count). The Labute approximate surface area is 128 Å². The lowest BCUT2D eigenvalue weighted by Gasteiger charge is -2.06. The second-order valence-corrected chi connectivity index (χ2v) is 5.73. The summed E-state index contributed by atoms with van der Waals surface area (Å²) in [6.45, 7) is 0. The first kappa shape index (κ1) is 15.1. The third-order valence-corrected chi connectivity index (χ3v) is 4.31. The van der Waals surface area contributed by atoms with Gasteiger partial charge >= 0.3 is 5.69 Å². The summed E-state index contributed by atoms with van der Waals surface area (Å²) in [4.78, 5) is 10.6. The maximum absolute atomic E-state index is 13.9. The number of hydrogen-bond donors (Lipinski definition) is 0. The Hall–Kier alpha value is -1.30. The van der Waals surface area contributed by atoms with E-state index in [-0.39, 0.29) is 11.3 Å². The quantitative estimate of drug-likeness (QED) is 0.432. The van der Waals surface area contributed by atoms with Gasteiger partial charge in [0.2, 0.25) is 5.82 Å². The van der Waals surface area contributed by atoms with Gasteiger partial charge in [-0.3, -0.25) is 10.1 Å². The Kier molecular flexibility index (Phi) is 4.86. The van der Waals surface area contributed by atoms with Gasteiger partial charge in [-0.25, -0.2) is 0 Å². The fourth-order valence-corrected chi connectivity index (χ4v) is 3.03. The van der Waals surface area contributed by atoms with Crippen LogP contribution in [0.2, 0.25) is 10.0 Å². The summed E-state index contributed by atoms with van der Waals surface area (Å²) in [6.07, 6.45) is 0. The molecule has 20 heavy (non-hydrogen) atoms. The number of nitro groups is 1. The van der Waals surface area contributed by atoms with Crippen LogP contribution >= 0.6 is 35.0 Å². The van der Waals surface area contributed by atoms with Crippen LogP contribution in [-0.2, 0) is 5.75 Å². The maximum atomic E-state index is 13.9. The van der Waals surface area contributed by atoms with Gasteiger partial charge in [0, 0.05) is 27.3 Å². The molecule has 0 fully saturated rings. The van der Waals surface area contributed by atoms with E-state index >= 15 is 0 Å². The monoisotopic (exact) mass is 331 g/mol. The highest BCUT2D eigenvalue weighted by Gasteiger charge is 2.17. The van der Waals surface area contributed by atoms with Crippen molar-refractivity contribution in [2.24, 2.45) is 0 Å². The summed E-state index contributed by atoms with van der Waals surface area (Å²) in [5.41, 5.74) is -0.277. The van der Waals surface area contributed by atoms with Crippen LogP contribution in [0.5, 0.6) is 0 Å². The third kappa shape index (κ3) is 3.42. The number of thioether (sulfide) groups is 1. The van der Waals surface area contributed by atoms with E-state index in [2.05, 4.69) is 0 Å². The molecule has 0 aliphatic heterocycles. The molecule has 0 N–H and O–H groups in total. The van der Waals surface area contributed by atoms with E-state index in [4.69, 9.17) is 23.2 Å². The van der Waals surface area contributed by atoms with E-state index < -0.39 is 16.4 Å². The Morgan fingerprint density at radius 3 is 2.70 bits per heavy atom. The van der Waals surface area contributed by atoms with Crippen molar-refractivity contribution in [1.29, 1.82) is 0 Å². The van der Waals surface area contributed by atoms with Crippen LogP contribution < -0.4 is 0 Å². The number of hydrogen-bond acceptors (Lipinski definition) is 3. The maximum Gasteiger partial charge on any atom is 0.305 e. The Morgan fingerprint density at radius 2 is 2.00 bits per heavy atom. The van der Waals surface area contributed by atoms with E-state index in [0.717, 1.165) is 6.07 Å². The molecule has 0 saturated carbocycles. The molecule has 0 atom stereocenters. The van der Waals surface area contributed by atoms with Gasteiger partial charge in [-0.2, -0.15) is 4.39 Å². The van der Waals surface area contributed by atoms with Crippen molar-refractivity contribution >= 4 is 40.7 Å². The zero-order chi connectivity index (χ0) is 14.7. The summed E-state index contributed by atoms with van der Waals surface area (Å²) in [6, 6.07) is 9.07. The molecule has 0 spiro atoms. The Morgan fingerprint density at radius 1 is 1.25 bits per heavy atom. The van der Waals surface area contributed by atoms with E-state index in [1.165, 1.54) is 23.9 Å². The molecule has 0 aliphatic carbocycles. The second-order valence-electron chi connectivity index (χ2n) is 3.87. The topological polar surface area (TPSA) is 43.1 Å². The van der Waals surface area contributed by atoms with Gasteiger partial charge in [0.05, 0.1) is 9.95 Å². The molecule has 0 unspecified atom stereocenters. The molecule has 2 aromatic rings. The van der Waals surface area contributed by atoms with Crippen LogP contribution in [0.15, 0.2) is 41.3 Å². The fraction of sp³-hybridized carbons (Fsp3) is 0.0769. The standard InChI is InChI=1S/C13H8Cl2FNO2S/c14-9-4-5-10(15)12(6-9)20-7-8-2-1-3-11(13(8)16)17(18)19/h1-6H,7H2. The minimum Gasteiger partial charge on any atom is -0.258 e. The smallest absolute Gasteiger partial charge is 0.258 e. The van der Waals surface area contributed by atoms with Crippen LogP contribution in [0, 0.1) is 15.9 Å². The van der Waals surface area contributed by atoms with Crippen LogP contribution in [0.4, 0.5) is 10.1 Å². The van der Waals surface area contributed by atoms with E-state index in [1.54, 1.807) is 18.2 Å². The zero-order valence-electron chi connectivity index (χ0n) is 9.98. The lowest BCUT2D eigenvalue weighted by Crippen LogP contribution is -1.96. The summed E-state index contributed by atoms with van der Waals surface area (Å²) < 4.78 is 13.9. The van der Waals surface area contributed by atoms with Crippen molar-refractivity contribution in [2.45, 2.75) is 10.6 Å². The zero-order valence-corrected chi connectivity index (χ0v) is 12.3. The lowest BCUT2D eigenvalue weighted by molar-refractivity contribution is -0.387. The van der Waals surface area contributed by atoms with E-state index in [0.29, 0.717) is 14.9 Å². The van der Waals surface area contributed by atoms with Crippen LogP contribution in [0.3, 0.4) is 0 Å². The molecule has 3 nitrogen and oxygen atoms in total. The van der Waals surface area contributed by atoms with Gasteiger partial charge in [0.15, 0.2) is 0 Å². The van der Waals surface area contributed by atoms with Gasteiger partial charge in [-0.05, 0) is 18.2 Å². The predicted octanol–water partition coefficient (Wildman–Crippen LogP) is 5.33. The molecule has 0 radical (unpaired) electrons. The number of nitro benzene ring substituents is 1. The molecule has 0 aromatic heterocycles. The molecule has 0 amide bonds. The average molecular weight is 332 g/mol. The van der Waals surface area contributed by atoms with E-state index in [1.807, 2.05) is 0 Å². The van der Waals surface area contributed by atoms with Crippen molar-refractivity contribution in [3.8, 4) is 0 Å². The molecule has 0 bridgehead atoms. The lowest BCUT2D eigenvalue weighted by atomic mass is 10.2. The van der Waals surface area contributed by atoms with Crippen LogP contribution in [-0.4, -0.2) is 4.92 Å². The Bertz CT molecular complexity index is 667. The van der Waals surface area contributed by atoms with Crippen molar-refractivity contribution < 1.29 is 9.31 Å². The van der Waals surface area contributed by atoms with Crippen molar-refractivity contribution in [1.82, 2.24) is 0 Å². The first-order valence-corrected chi connectivity index (χ1v) is 7.23. The molecule has 0 heterocycles. The number of nitrogens with zero attached hydrogens (tertiary/aromatic N) is 1. The van der Waals surface area contributed by atoms with Crippen LogP contribution in [0.25, 0.3) is 0 Å².